The van der Waals surface area contributed by atoms with E-state index in [0.29, 0.717) is 24.8 Å². The van der Waals surface area contributed by atoms with Crippen LogP contribution in [0, 0.1) is 0 Å². The third-order valence-electron chi connectivity index (χ3n) is 3.76. The highest BCUT2D eigenvalue weighted by Crippen LogP contribution is 2.19. The standard InChI is InChI=1S/C17H22N6O2.HI/c1-3-18-16(20-12-17(2,24)13-7-6-10-25-13)19-11-15-22-21-14-8-4-5-9-23(14)15;/h4-10,24H,3,11-12H2,1-2H3,(H2,18,19,20);1H. The molecule has 3 aromatic heterocycles. The Labute approximate surface area is 168 Å². The molecule has 0 aromatic carbocycles. The Morgan fingerprint density at radius 2 is 2.12 bits per heavy atom. The maximum atomic E-state index is 10.5. The van der Waals surface area contributed by atoms with Gasteiger partial charge in [0.25, 0.3) is 0 Å². The summed E-state index contributed by atoms with van der Waals surface area (Å²) in [5.41, 5.74) is -0.354. The normalized spacial score (nSPS) is 13.9. The van der Waals surface area contributed by atoms with Crippen LogP contribution in [-0.2, 0) is 12.1 Å². The second kappa shape index (κ2) is 8.99. The monoisotopic (exact) mass is 470 g/mol. The van der Waals surface area contributed by atoms with Crippen molar-refractivity contribution in [2.45, 2.75) is 26.0 Å². The minimum atomic E-state index is -1.14. The first kappa shape index (κ1) is 20.2. The molecule has 26 heavy (non-hydrogen) atoms. The fraction of sp³-hybridized carbons (Fsp3) is 0.353. The van der Waals surface area contributed by atoms with Crippen molar-refractivity contribution in [2.24, 2.45) is 4.99 Å². The van der Waals surface area contributed by atoms with Gasteiger partial charge in [0.05, 0.1) is 12.8 Å². The number of nitrogens with zero attached hydrogens (tertiary/aromatic N) is 4. The number of hydrogen-bond acceptors (Lipinski definition) is 5. The topological polar surface area (TPSA) is 100.0 Å². The number of furan rings is 1. The number of fused-ring (bicyclic) bond motifs is 1. The van der Waals surface area contributed by atoms with Gasteiger partial charge in [-0.15, -0.1) is 34.2 Å². The maximum Gasteiger partial charge on any atom is 0.191 e. The lowest BCUT2D eigenvalue weighted by atomic mass is 10.0. The van der Waals surface area contributed by atoms with Crippen molar-refractivity contribution in [3.63, 3.8) is 0 Å². The van der Waals surface area contributed by atoms with Crippen LogP contribution in [0.2, 0.25) is 0 Å². The molecule has 0 saturated carbocycles. The number of nitrogens with one attached hydrogen (secondary N) is 2. The quantitative estimate of drug-likeness (QED) is 0.289. The van der Waals surface area contributed by atoms with Crippen LogP contribution in [-0.4, -0.2) is 38.8 Å². The van der Waals surface area contributed by atoms with Crippen LogP contribution in [0.5, 0.6) is 0 Å². The Balaban J connectivity index is 0.00000243. The number of aromatic nitrogens is 3. The third-order valence-corrected chi connectivity index (χ3v) is 3.76. The highest BCUT2D eigenvalue weighted by Gasteiger charge is 2.26. The van der Waals surface area contributed by atoms with Crippen molar-refractivity contribution in [3.05, 3.63) is 54.4 Å². The molecule has 0 aliphatic rings. The molecule has 1 unspecified atom stereocenters. The van der Waals surface area contributed by atoms with E-state index in [-0.39, 0.29) is 30.5 Å². The molecule has 0 aliphatic carbocycles. The molecule has 0 aliphatic heterocycles. The van der Waals surface area contributed by atoms with Gasteiger partial charge in [0.2, 0.25) is 0 Å². The molecule has 8 nitrogen and oxygen atoms in total. The zero-order valence-electron chi connectivity index (χ0n) is 14.7. The molecule has 3 N–H and O–H groups in total. The molecule has 3 heterocycles. The summed E-state index contributed by atoms with van der Waals surface area (Å²) < 4.78 is 7.18. The lowest BCUT2D eigenvalue weighted by Crippen LogP contribution is -2.44. The zero-order chi connectivity index (χ0) is 17.7. The van der Waals surface area contributed by atoms with Crippen LogP contribution in [0.3, 0.4) is 0 Å². The number of pyridine rings is 1. The Kier molecular flexibility index (Phi) is 6.98. The van der Waals surface area contributed by atoms with Crippen molar-refractivity contribution in [2.75, 3.05) is 13.1 Å². The average molecular weight is 470 g/mol. The van der Waals surface area contributed by atoms with Gasteiger partial charge in [-0.2, -0.15) is 0 Å². The van der Waals surface area contributed by atoms with Gasteiger partial charge in [-0.05, 0) is 38.1 Å². The summed E-state index contributed by atoms with van der Waals surface area (Å²) in [4.78, 5) is 4.52. The summed E-state index contributed by atoms with van der Waals surface area (Å²) in [6.45, 7) is 4.99. The van der Waals surface area contributed by atoms with Crippen molar-refractivity contribution in [1.82, 2.24) is 25.2 Å². The summed E-state index contributed by atoms with van der Waals surface area (Å²) in [6, 6.07) is 9.23. The second-order valence-electron chi connectivity index (χ2n) is 5.84. The van der Waals surface area contributed by atoms with Gasteiger partial charge in [0.1, 0.15) is 17.9 Å². The lowest BCUT2D eigenvalue weighted by molar-refractivity contribution is 0.0386. The van der Waals surface area contributed by atoms with E-state index in [1.165, 1.54) is 0 Å². The predicted molar refractivity (Wildman–Crippen MR) is 109 cm³/mol. The summed E-state index contributed by atoms with van der Waals surface area (Å²) in [5, 5.41) is 25.1. The zero-order valence-corrected chi connectivity index (χ0v) is 17.0. The molecular formula is C17H23IN6O2. The van der Waals surface area contributed by atoms with Crippen molar-refractivity contribution in [1.29, 1.82) is 0 Å². The van der Waals surface area contributed by atoms with Gasteiger partial charge in [-0.3, -0.25) is 4.40 Å². The molecule has 1 atom stereocenters. The van der Waals surface area contributed by atoms with Crippen molar-refractivity contribution in [3.8, 4) is 0 Å². The molecular weight excluding hydrogens is 447 g/mol. The molecule has 140 valence electrons. The van der Waals surface area contributed by atoms with E-state index in [1.54, 1.807) is 25.3 Å². The lowest BCUT2D eigenvalue weighted by Gasteiger charge is -2.22. The summed E-state index contributed by atoms with van der Waals surface area (Å²) in [7, 11) is 0. The molecule has 0 fully saturated rings. The Morgan fingerprint density at radius 3 is 2.85 bits per heavy atom. The van der Waals surface area contributed by atoms with Crippen LogP contribution in [0.4, 0.5) is 0 Å². The van der Waals surface area contributed by atoms with Crippen LogP contribution in [0.15, 0.2) is 52.2 Å². The third kappa shape index (κ3) is 4.73. The minimum absolute atomic E-state index is 0. The molecule has 9 heteroatoms. The van der Waals surface area contributed by atoms with Crippen molar-refractivity contribution >= 4 is 35.6 Å². The number of aliphatic hydroxyl groups is 1. The summed E-state index contributed by atoms with van der Waals surface area (Å²) >= 11 is 0. The van der Waals surface area contributed by atoms with E-state index in [2.05, 4.69) is 25.8 Å². The van der Waals surface area contributed by atoms with E-state index in [9.17, 15) is 5.11 Å². The maximum absolute atomic E-state index is 10.5. The van der Waals surface area contributed by atoms with Gasteiger partial charge in [0.15, 0.2) is 17.4 Å². The molecule has 0 bridgehead atoms. The smallest absolute Gasteiger partial charge is 0.191 e. The van der Waals surface area contributed by atoms with Gasteiger partial charge in [-0.1, -0.05) is 6.07 Å². The van der Waals surface area contributed by atoms with Crippen LogP contribution >= 0.6 is 24.0 Å². The fourth-order valence-corrected chi connectivity index (χ4v) is 2.42. The molecule has 0 spiro atoms. The van der Waals surface area contributed by atoms with E-state index < -0.39 is 5.60 Å². The Hall–Kier alpha value is -2.14. The van der Waals surface area contributed by atoms with Crippen LogP contribution in [0.1, 0.15) is 25.4 Å². The molecule has 3 rings (SSSR count). The minimum Gasteiger partial charge on any atom is -0.466 e. The number of aliphatic imine (C=N–C) groups is 1. The van der Waals surface area contributed by atoms with Crippen LogP contribution < -0.4 is 10.6 Å². The van der Waals surface area contributed by atoms with Crippen molar-refractivity contribution < 1.29 is 9.52 Å². The van der Waals surface area contributed by atoms with Gasteiger partial charge in [-0.25, -0.2) is 4.99 Å². The highest BCUT2D eigenvalue weighted by molar-refractivity contribution is 14.0. The van der Waals surface area contributed by atoms with Gasteiger partial charge in [0, 0.05) is 12.7 Å². The van der Waals surface area contributed by atoms with Gasteiger partial charge < -0.3 is 20.2 Å². The van der Waals surface area contributed by atoms with E-state index in [0.717, 1.165) is 11.5 Å². The first-order valence-electron chi connectivity index (χ1n) is 8.17. The number of guanidine groups is 1. The summed E-state index contributed by atoms with van der Waals surface area (Å²) in [5.74, 6) is 1.83. The molecule has 0 amide bonds. The first-order valence-corrected chi connectivity index (χ1v) is 8.17. The molecule has 0 radical (unpaired) electrons. The summed E-state index contributed by atoms with van der Waals surface area (Å²) in [6.07, 6.45) is 3.45. The Bertz CT molecular complexity index is 844. The molecule has 0 saturated heterocycles. The number of rotatable bonds is 6. The van der Waals surface area contributed by atoms with Crippen LogP contribution in [0.25, 0.3) is 5.65 Å². The first-order chi connectivity index (χ1) is 12.1. The second-order valence-corrected chi connectivity index (χ2v) is 5.84. The Morgan fingerprint density at radius 1 is 1.27 bits per heavy atom. The largest absolute Gasteiger partial charge is 0.466 e. The molecule has 3 aromatic rings. The van der Waals surface area contributed by atoms with E-state index in [4.69, 9.17) is 4.42 Å². The average Bonchev–Trinajstić information content (AvgIpc) is 3.28. The fourth-order valence-electron chi connectivity index (χ4n) is 2.42. The number of hydrogen-bond donors (Lipinski definition) is 3. The van der Waals surface area contributed by atoms with Gasteiger partial charge >= 0.3 is 0 Å². The highest BCUT2D eigenvalue weighted by atomic mass is 127. The van der Waals surface area contributed by atoms with E-state index >= 15 is 0 Å². The SMILES string of the molecule is CCNC(=NCc1nnc2ccccn12)NCC(C)(O)c1ccco1.I. The number of halogens is 1. The predicted octanol–water partition coefficient (Wildman–Crippen LogP) is 1.90. The van der Waals surface area contributed by atoms with E-state index in [1.807, 2.05) is 35.7 Å².